The molecule has 0 radical (unpaired) electrons. The van der Waals surface area contributed by atoms with Gasteiger partial charge in [0, 0.05) is 6.92 Å². The molecule has 0 saturated heterocycles. The van der Waals surface area contributed by atoms with E-state index in [-0.39, 0.29) is 10.1 Å². The molecule has 0 aromatic heterocycles. The van der Waals surface area contributed by atoms with Crippen LogP contribution in [0.1, 0.15) is 20.8 Å². The van der Waals surface area contributed by atoms with Crippen LogP contribution >= 0.6 is 22.6 Å². The highest BCUT2D eigenvalue weighted by molar-refractivity contribution is 14.1. The molecule has 0 heterocycles. The predicted octanol–water partition coefficient (Wildman–Crippen LogP) is 1.69. The van der Waals surface area contributed by atoms with Gasteiger partial charge < -0.3 is 9.47 Å². The third kappa shape index (κ3) is 6.28. The molecule has 0 amide bonds. The van der Waals surface area contributed by atoms with Crippen molar-refractivity contribution in [1.82, 2.24) is 0 Å². The lowest BCUT2D eigenvalue weighted by Gasteiger charge is -2.13. The first kappa shape index (κ1) is 10.2. The normalized spacial score (nSPS) is 16.0. The van der Waals surface area contributed by atoms with E-state index in [1.165, 1.54) is 6.92 Å². The van der Waals surface area contributed by atoms with Gasteiger partial charge in [-0.2, -0.15) is 0 Å². The maximum absolute atomic E-state index is 10.3. The van der Waals surface area contributed by atoms with Crippen molar-refractivity contribution in [2.75, 3.05) is 0 Å². The summed E-state index contributed by atoms with van der Waals surface area (Å²) < 4.78 is 9.86. The summed E-state index contributed by atoms with van der Waals surface area (Å²) in [5.41, 5.74) is 0. The molecule has 0 saturated carbocycles. The van der Waals surface area contributed by atoms with E-state index in [2.05, 4.69) is 22.6 Å². The van der Waals surface area contributed by atoms with Crippen molar-refractivity contribution < 1.29 is 14.3 Å². The van der Waals surface area contributed by atoms with E-state index in [1.54, 1.807) is 6.92 Å². The molecule has 10 heavy (non-hydrogen) atoms. The first-order chi connectivity index (χ1) is 4.52. The molecule has 0 aliphatic rings. The molecule has 2 atom stereocenters. The van der Waals surface area contributed by atoms with Crippen molar-refractivity contribution in [1.29, 1.82) is 0 Å². The highest BCUT2D eigenvalue weighted by Gasteiger charge is 2.06. The zero-order valence-electron chi connectivity index (χ0n) is 6.26. The van der Waals surface area contributed by atoms with Gasteiger partial charge in [-0.25, -0.2) is 0 Å². The minimum absolute atomic E-state index is 0.0620. The molecule has 0 aromatic carbocycles. The van der Waals surface area contributed by atoms with Crippen LogP contribution in [0.5, 0.6) is 0 Å². The van der Waals surface area contributed by atoms with Crippen LogP contribution in [-0.4, -0.2) is 16.4 Å². The van der Waals surface area contributed by atoms with Crippen molar-refractivity contribution >= 4 is 28.6 Å². The largest absolute Gasteiger partial charge is 0.436 e. The van der Waals surface area contributed by atoms with E-state index in [9.17, 15) is 4.79 Å². The fourth-order valence-corrected chi connectivity index (χ4v) is 0.939. The molecule has 0 rings (SSSR count). The minimum atomic E-state index is -0.440. The van der Waals surface area contributed by atoms with Gasteiger partial charge in [-0.1, -0.05) is 22.6 Å². The second-order valence-electron chi connectivity index (χ2n) is 1.86. The van der Waals surface area contributed by atoms with Gasteiger partial charge in [0.25, 0.3) is 0 Å². The number of ether oxygens (including phenoxy) is 2. The van der Waals surface area contributed by atoms with Crippen LogP contribution in [0, 0.1) is 0 Å². The summed E-state index contributed by atoms with van der Waals surface area (Å²) in [6.07, 6.45) is -0.440. The fourth-order valence-electron chi connectivity index (χ4n) is 0.526. The topological polar surface area (TPSA) is 35.5 Å². The summed E-state index contributed by atoms with van der Waals surface area (Å²) in [5, 5.41) is 0. The predicted molar refractivity (Wildman–Crippen MR) is 45.8 cm³/mol. The third-order valence-electron chi connectivity index (χ3n) is 0.711. The highest BCUT2D eigenvalue weighted by Crippen LogP contribution is 2.05. The average Bonchev–Trinajstić information content (AvgIpc) is 1.58. The van der Waals surface area contributed by atoms with Gasteiger partial charge in [0.15, 0.2) is 0 Å². The Balaban J connectivity index is 3.43. The van der Waals surface area contributed by atoms with Crippen molar-refractivity contribution in [2.45, 2.75) is 31.2 Å². The summed E-state index contributed by atoms with van der Waals surface area (Å²) in [6, 6.07) is 0. The van der Waals surface area contributed by atoms with E-state index >= 15 is 0 Å². The zero-order chi connectivity index (χ0) is 8.15. The summed E-state index contributed by atoms with van der Waals surface area (Å²) in [5.74, 6) is -0.315. The van der Waals surface area contributed by atoms with Crippen molar-refractivity contribution in [3.05, 3.63) is 0 Å². The summed E-state index contributed by atoms with van der Waals surface area (Å²) >= 11 is 2.09. The number of rotatable bonds is 3. The van der Waals surface area contributed by atoms with Gasteiger partial charge in [-0.05, 0) is 13.8 Å². The number of hydrogen-bond donors (Lipinski definition) is 0. The summed E-state index contributed by atoms with van der Waals surface area (Å²) in [7, 11) is 0. The first-order valence-corrected chi connectivity index (χ1v) is 4.23. The number of hydrogen-bond acceptors (Lipinski definition) is 3. The number of carbonyl (C=O) groups excluding carboxylic acids is 1. The Morgan fingerprint density at radius 2 is 2.00 bits per heavy atom. The monoisotopic (exact) mass is 258 g/mol. The van der Waals surface area contributed by atoms with Crippen LogP contribution in [0.4, 0.5) is 0 Å². The number of carbonyl (C=O) groups is 1. The number of halogens is 1. The molecular weight excluding hydrogens is 247 g/mol. The molecule has 0 aliphatic heterocycles. The minimum Gasteiger partial charge on any atom is -0.436 e. The molecular formula is C6H11IO3. The van der Waals surface area contributed by atoms with Crippen LogP contribution in [0.2, 0.25) is 0 Å². The molecule has 60 valence electrons. The standard InChI is InChI=1S/C6H11IO3/c1-4(7)9-6(3)10-5(2)8/h4,6H,1-3H3. The summed E-state index contributed by atoms with van der Waals surface area (Å²) in [4.78, 5) is 10.3. The maximum atomic E-state index is 10.3. The third-order valence-corrected chi connectivity index (χ3v) is 1.00. The van der Waals surface area contributed by atoms with Gasteiger partial charge >= 0.3 is 5.97 Å². The van der Waals surface area contributed by atoms with E-state index in [1.807, 2.05) is 6.92 Å². The molecule has 0 aromatic rings. The molecule has 0 bridgehead atoms. The Labute approximate surface area is 74.2 Å². The second-order valence-corrected chi connectivity index (χ2v) is 3.61. The lowest BCUT2D eigenvalue weighted by atomic mass is 10.7. The Morgan fingerprint density at radius 1 is 1.50 bits per heavy atom. The highest BCUT2D eigenvalue weighted by atomic mass is 127. The molecule has 4 heteroatoms. The van der Waals surface area contributed by atoms with Crippen molar-refractivity contribution in [2.24, 2.45) is 0 Å². The second kappa shape index (κ2) is 4.90. The Kier molecular flexibility index (Phi) is 4.98. The Bertz CT molecular complexity index is 114. The molecule has 2 unspecified atom stereocenters. The van der Waals surface area contributed by atoms with Gasteiger partial charge in [0.1, 0.15) is 4.11 Å². The molecule has 3 nitrogen and oxygen atoms in total. The Hall–Kier alpha value is 0.160. The lowest BCUT2D eigenvalue weighted by molar-refractivity contribution is -0.172. The van der Waals surface area contributed by atoms with E-state index in [0.29, 0.717) is 0 Å². The molecule has 0 N–H and O–H groups in total. The van der Waals surface area contributed by atoms with Crippen LogP contribution in [0.3, 0.4) is 0 Å². The fraction of sp³-hybridized carbons (Fsp3) is 0.833. The summed E-state index contributed by atoms with van der Waals surface area (Å²) in [6.45, 7) is 4.93. The van der Waals surface area contributed by atoms with Crippen LogP contribution in [-0.2, 0) is 14.3 Å². The average molecular weight is 258 g/mol. The Morgan fingerprint density at radius 3 is 2.30 bits per heavy atom. The van der Waals surface area contributed by atoms with Gasteiger partial charge in [-0.3, -0.25) is 4.79 Å². The van der Waals surface area contributed by atoms with E-state index < -0.39 is 6.29 Å². The van der Waals surface area contributed by atoms with E-state index in [0.717, 1.165) is 0 Å². The lowest BCUT2D eigenvalue weighted by Crippen LogP contribution is -2.18. The zero-order valence-corrected chi connectivity index (χ0v) is 8.41. The van der Waals surface area contributed by atoms with Crippen LogP contribution in [0.25, 0.3) is 0 Å². The SMILES string of the molecule is CC(=O)OC(C)OC(C)I. The van der Waals surface area contributed by atoms with Crippen LogP contribution < -0.4 is 0 Å². The van der Waals surface area contributed by atoms with Gasteiger partial charge in [-0.15, -0.1) is 0 Å². The van der Waals surface area contributed by atoms with Crippen molar-refractivity contribution in [3.63, 3.8) is 0 Å². The van der Waals surface area contributed by atoms with Gasteiger partial charge in [0.2, 0.25) is 6.29 Å². The van der Waals surface area contributed by atoms with E-state index in [4.69, 9.17) is 9.47 Å². The van der Waals surface area contributed by atoms with Gasteiger partial charge in [0.05, 0.1) is 0 Å². The molecule has 0 fully saturated rings. The molecule has 0 aliphatic carbocycles. The molecule has 0 spiro atoms. The number of esters is 1. The first-order valence-electron chi connectivity index (χ1n) is 2.99. The smallest absolute Gasteiger partial charge is 0.304 e. The number of alkyl halides is 1. The quantitative estimate of drug-likeness (QED) is 0.334. The maximum Gasteiger partial charge on any atom is 0.304 e. The van der Waals surface area contributed by atoms with Crippen molar-refractivity contribution in [3.8, 4) is 0 Å². The van der Waals surface area contributed by atoms with Crippen LogP contribution in [0.15, 0.2) is 0 Å².